The molecule has 0 aromatic heterocycles. The number of carbonyl (C=O) groups excluding carboxylic acids is 2. The van der Waals surface area contributed by atoms with Gasteiger partial charge in [-0.25, -0.2) is 8.42 Å². The Balaban J connectivity index is 2.08. The van der Waals surface area contributed by atoms with Gasteiger partial charge in [0.15, 0.2) is 0 Å². The van der Waals surface area contributed by atoms with Crippen LogP contribution in [-0.2, 0) is 32.6 Å². The van der Waals surface area contributed by atoms with Gasteiger partial charge in [-0.15, -0.1) is 0 Å². The first-order chi connectivity index (χ1) is 18.9. The van der Waals surface area contributed by atoms with Crippen LogP contribution in [0.1, 0.15) is 36.1 Å². The van der Waals surface area contributed by atoms with Crippen LogP contribution in [0.25, 0.3) is 0 Å². The summed E-state index contributed by atoms with van der Waals surface area (Å²) in [4.78, 5) is 29.3. The second-order valence-electron chi connectivity index (χ2n) is 10.4. The lowest BCUT2D eigenvalue weighted by Gasteiger charge is -2.34. The summed E-state index contributed by atoms with van der Waals surface area (Å²) < 4.78 is 27.0. The summed E-state index contributed by atoms with van der Waals surface area (Å²) in [5, 5.41) is 3.38. The van der Waals surface area contributed by atoms with E-state index in [0.717, 1.165) is 27.3 Å². The molecule has 3 aromatic carbocycles. The quantitative estimate of drug-likeness (QED) is 0.320. The summed E-state index contributed by atoms with van der Waals surface area (Å²) in [6.07, 6.45) is 1.33. The number of halogens is 1. The number of hydrogen-bond donors (Lipinski definition) is 1. The van der Waals surface area contributed by atoms with Gasteiger partial charge < -0.3 is 10.2 Å². The number of sulfonamides is 1. The standard InChI is InChI=1S/C31H38ClN3O4S/c1-22(2)19-33-31(37)29(18-25-13-7-6-8-14-25)34(20-26-15-10-9-12-23(26)3)30(36)21-35(40(5,38)39)28-17-11-16-27(32)24(28)4/h6-17,22,29H,18-21H2,1-5H3,(H,33,37)/t29-/m1/s1. The smallest absolute Gasteiger partial charge is 0.244 e. The van der Waals surface area contributed by atoms with Crippen molar-refractivity contribution in [3.63, 3.8) is 0 Å². The fourth-order valence-corrected chi connectivity index (χ4v) is 5.48. The van der Waals surface area contributed by atoms with Crippen molar-refractivity contribution in [2.24, 2.45) is 5.92 Å². The molecular weight excluding hydrogens is 546 g/mol. The lowest BCUT2D eigenvalue weighted by atomic mass is 10.0. The number of anilines is 1. The zero-order valence-corrected chi connectivity index (χ0v) is 25.3. The van der Waals surface area contributed by atoms with E-state index < -0.39 is 28.5 Å². The fourth-order valence-electron chi connectivity index (χ4n) is 4.41. The van der Waals surface area contributed by atoms with Gasteiger partial charge in [0, 0.05) is 24.5 Å². The van der Waals surface area contributed by atoms with Crippen molar-refractivity contribution in [3.8, 4) is 0 Å². The summed E-state index contributed by atoms with van der Waals surface area (Å²) in [7, 11) is -3.87. The minimum Gasteiger partial charge on any atom is -0.354 e. The minimum absolute atomic E-state index is 0.143. The molecule has 0 saturated heterocycles. The van der Waals surface area contributed by atoms with Crippen LogP contribution in [-0.4, -0.2) is 50.5 Å². The van der Waals surface area contributed by atoms with Crippen molar-refractivity contribution < 1.29 is 18.0 Å². The van der Waals surface area contributed by atoms with Crippen molar-refractivity contribution in [1.29, 1.82) is 0 Å². The number of hydrogen-bond acceptors (Lipinski definition) is 4. The molecule has 0 unspecified atom stereocenters. The lowest BCUT2D eigenvalue weighted by molar-refractivity contribution is -0.140. The molecule has 3 rings (SSSR count). The Hall–Kier alpha value is -3.36. The predicted octanol–water partition coefficient (Wildman–Crippen LogP) is 5.14. The zero-order chi connectivity index (χ0) is 29.4. The Morgan fingerprint density at radius 2 is 1.57 bits per heavy atom. The molecule has 1 N–H and O–H groups in total. The monoisotopic (exact) mass is 583 g/mol. The maximum Gasteiger partial charge on any atom is 0.244 e. The molecule has 2 amide bonds. The van der Waals surface area contributed by atoms with Gasteiger partial charge in [-0.1, -0.05) is 86.1 Å². The van der Waals surface area contributed by atoms with E-state index in [2.05, 4.69) is 5.32 Å². The van der Waals surface area contributed by atoms with Gasteiger partial charge in [-0.2, -0.15) is 0 Å². The van der Waals surface area contributed by atoms with Crippen molar-refractivity contribution in [2.75, 3.05) is 23.7 Å². The van der Waals surface area contributed by atoms with Gasteiger partial charge in [-0.3, -0.25) is 13.9 Å². The molecule has 9 heteroatoms. The van der Waals surface area contributed by atoms with E-state index in [1.807, 2.05) is 75.4 Å². The molecule has 214 valence electrons. The fraction of sp³-hybridized carbons (Fsp3) is 0.355. The number of rotatable bonds is 12. The topological polar surface area (TPSA) is 86.8 Å². The van der Waals surface area contributed by atoms with E-state index in [1.165, 1.54) is 4.90 Å². The van der Waals surface area contributed by atoms with E-state index >= 15 is 0 Å². The number of carbonyl (C=O) groups is 2. The van der Waals surface area contributed by atoms with E-state index in [-0.39, 0.29) is 24.8 Å². The molecule has 3 aromatic rings. The van der Waals surface area contributed by atoms with Crippen molar-refractivity contribution in [3.05, 3.63) is 100 Å². The highest BCUT2D eigenvalue weighted by Gasteiger charge is 2.33. The summed E-state index contributed by atoms with van der Waals surface area (Å²) in [5.41, 5.74) is 3.59. The van der Waals surface area contributed by atoms with Gasteiger partial charge in [-0.05, 0) is 54.2 Å². The zero-order valence-electron chi connectivity index (χ0n) is 23.7. The normalized spacial score (nSPS) is 12.2. The Bertz CT molecular complexity index is 1430. The van der Waals surface area contributed by atoms with Gasteiger partial charge in [0.05, 0.1) is 11.9 Å². The van der Waals surface area contributed by atoms with Crippen molar-refractivity contribution in [1.82, 2.24) is 10.2 Å². The van der Waals surface area contributed by atoms with Crippen LogP contribution in [0.2, 0.25) is 5.02 Å². The molecule has 0 radical (unpaired) electrons. The Morgan fingerprint density at radius 1 is 0.925 bits per heavy atom. The van der Waals surface area contributed by atoms with Crippen LogP contribution in [0.4, 0.5) is 5.69 Å². The highest BCUT2D eigenvalue weighted by atomic mass is 35.5. The SMILES string of the molecule is Cc1ccccc1CN(C(=O)CN(c1cccc(Cl)c1C)S(C)(=O)=O)[C@H](Cc1ccccc1)C(=O)NCC(C)C. The van der Waals surface area contributed by atoms with Crippen LogP contribution in [0.3, 0.4) is 0 Å². The highest BCUT2D eigenvalue weighted by molar-refractivity contribution is 7.92. The van der Waals surface area contributed by atoms with Crippen LogP contribution in [0.15, 0.2) is 72.8 Å². The lowest BCUT2D eigenvalue weighted by Crippen LogP contribution is -2.53. The predicted molar refractivity (Wildman–Crippen MR) is 162 cm³/mol. The Morgan fingerprint density at radius 3 is 2.20 bits per heavy atom. The molecule has 0 saturated carbocycles. The largest absolute Gasteiger partial charge is 0.354 e. The molecular formula is C31H38ClN3O4S. The van der Waals surface area contributed by atoms with E-state index in [9.17, 15) is 18.0 Å². The molecule has 0 aliphatic rings. The average Bonchev–Trinajstić information content (AvgIpc) is 2.90. The molecule has 0 aliphatic heterocycles. The first-order valence-corrected chi connectivity index (χ1v) is 15.5. The number of benzene rings is 3. The average molecular weight is 584 g/mol. The third kappa shape index (κ3) is 8.32. The van der Waals surface area contributed by atoms with Crippen LogP contribution < -0.4 is 9.62 Å². The van der Waals surface area contributed by atoms with Crippen LogP contribution in [0.5, 0.6) is 0 Å². The maximum atomic E-state index is 14.2. The van der Waals surface area contributed by atoms with Crippen molar-refractivity contribution >= 4 is 39.1 Å². The minimum atomic E-state index is -3.87. The first-order valence-electron chi connectivity index (χ1n) is 13.3. The number of amides is 2. The summed E-state index contributed by atoms with van der Waals surface area (Å²) in [6.45, 7) is 7.77. The van der Waals surface area contributed by atoms with Gasteiger partial charge in [0.25, 0.3) is 0 Å². The highest BCUT2D eigenvalue weighted by Crippen LogP contribution is 2.29. The third-order valence-corrected chi connectivity index (χ3v) is 8.28. The summed E-state index contributed by atoms with van der Waals surface area (Å²) in [6, 6.07) is 21.2. The molecule has 1 atom stereocenters. The van der Waals surface area contributed by atoms with Crippen LogP contribution in [0, 0.1) is 19.8 Å². The molecule has 7 nitrogen and oxygen atoms in total. The summed E-state index contributed by atoms with van der Waals surface area (Å²) >= 11 is 6.30. The van der Waals surface area contributed by atoms with Gasteiger partial charge >= 0.3 is 0 Å². The second kappa shape index (κ2) is 13.8. The third-order valence-electron chi connectivity index (χ3n) is 6.74. The molecule has 0 heterocycles. The maximum absolute atomic E-state index is 14.2. The van der Waals surface area contributed by atoms with E-state index in [1.54, 1.807) is 25.1 Å². The molecule has 0 spiro atoms. The van der Waals surface area contributed by atoms with E-state index in [4.69, 9.17) is 11.6 Å². The number of nitrogens with zero attached hydrogens (tertiary/aromatic N) is 2. The molecule has 40 heavy (non-hydrogen) atoms. The number of nitrogens with one attached hydrogen (secondary N) is 1. The second-order valence-corrected chi connectivity index (χ2v) is 12.8. The van der Waals surface area contributed by atoms with Gasteiger partial charge in [0.1, 0.15) is 12.6 Å². The van der Waals surface area contributed by atoms with Crippen molar-refractivity contribution in [2.45, 2.75) is 46.7 Å². The molecule has 0 bridgehead atoms. The van der Waals surface area contributed by atoms with Gasteiger partial charge in [0.2, 0.25) is 21.8 Å². The first kappa shape index (κ1) is 31.2. The van der Waals surface area contributed by atoms with E-state index in [0.29, 0.717) is 22.8 Å². The molecule has 0 fully saturated rings. The Kier molecular flexibility index (Phi) is 10.8. The summed E-state index contributed by atoms with van der Waals surface area (Å²) in [5.74, 6) is -0.564. The number of aryl methyl sites for hydroxylation is 1. The van der Waals surface area contributed by atoms with Crippen LogP contribution >= 0.6 is 11.6 Å². The Labute approximate surface area is 243 Å². The molecule has 0 aliphatic carbocycles.